The van der Waals surface area contributed by atoms with Crippen LogP contribution in [0.5, 0.6) is 5.75 Å². The summed E-state index contributed by atoms with van der Waals surface area (Å²) in [5.74, 6) is 1.48. The second kappa shape index (κ2) is 7.80. The van der Waals surface area contributed by atoms with Gasteiger partial charge in [-0.05, 0) is 19.9 Å². The maximum absolute atomic E-state index is 12.7. The first-order valence-electron chi connectivity index (χ1n) is 10.2. The monoisotopic (exact) mass is 444 g/mol. The molecular weight excluding hydrogens is 416 g/mol. The number of morpholine rings is 1. The van der Waals surface area contributed by atoms with Gasteiger partial charge in [0.15, 0.2) is 27.2 Å². The number of fused-ring (bicyclic) bond motifs is 3. The third-order valence-corrected chi connectivity index (χ3v) is 8.13. The van der Waals surface area contributed by atoms with Crippen LogP contribution in [0.15, 0.2) is 24.8 Å². The number of rotatable bonds is 5. The third-order valence-electron chi connectivity index (χ3n) is 6.09. The summed E-state index contributed by atoms with van der Waals surface area (Å²) in [6.45, 7) is 9.42. The molecule has 0 amide bonds. The van der Waals surface area contributed by atoms with Gasteiger partial charge in [0.2, 0.25) is 0 Å². The molecule has 2 aliphatic heterocycles. The average molecular weight is 445 g/mol. The minimum atomic E-state index is -3.49. The smallest absolute Gasteiger partial charge is 0.185 e. The molecule has 3 heterocycles. The van der Waals surface area contributed by atoms with Crippen molar-refractivity contribution in [2.24, 2.45) is 0 Å². The summed E-state index contributed by atoms with van der Waals surface area (Å²) in [4.78, 5) is 11.8. The zero-order valence-electron chi connectivity index (χ0n) is 18.3. The Balaban J connectivity index is 2.01. The molecule has 4 rings (SSSR count). The number of sulfone groups is 1. The van der Waals surface area contributed by atoms with Crippen molar-refractivity contribution in [2.75, 3.05) is 49.9 Å². The molecule has 0 saturated carbocycles. The zero-order valence-corrected chi connectivity index (χ0v) is 19.1. The number of anilines is 2. The number of benzene rings is 1. The van der Waals surface area contributed by atoms with Crippen LogP contribution >= 0.6 is 0 Å². The number of ether oxygens (including phenoxy) is 2. The second-order valence-corrected chi connectivity index (χ2v) is 10.9. The van der Waals surface area contributed by atoms with Crippen LogP contribution < -0.4 is 15.0 Å². The first-order chi connectivity index (χ1) is 14.7. The van der Waals surface area contributed by atoms with Crippen molar-refractivity contribution in [1.29, 1.82) is 0 Å². The molecule has 1 N–H and O–H groups in total. The van der Waals surface area contributed by atoms with Gasteiger partial charge in [-0.1, -0.05) is 24.8 Å². The fourth-order valence-electron chi connectivity index (χ4n) is 3.92. The Bertz CT molecular complexity index is 1130. The summed E-state index contributed by atoms with van der Waals surface area (Å²) in [5.41, 5.74) is 2.87. The molecule has 1 saturated heterocycles. The van der Waals surface area contributed by atoms with Crippen molar-refractivity contribution in [3.8, 4) is 17.1 Å². The lowest BCUT2D eigenvalue weighted by Gasteiger charge is -2.41. The standard InChI is InChI=1S/C22H28N4O4S/c1-6-15-16(8-7-9-17(15)23-4)20-24-19(22(2,3)31(5,27)28)18-21(25-20)26-10-11-29-12-14(26)13-30-18/h6-9,14,23H,1,10-13H2,2-5H3/t14-/m1/s1. The van der Waals surface area contributed by atoms with Crippen LogP contribution in [0.2, 0.25) is 0 Å². The SMILES string of the molecule is C=Cc1c(NC)cccc1-c1nc2c(c(C(C)(C)S(C)(=O)=O)n1)OC[C@H]1COCCN21. The van der Waals surface area contributed by atoms with Crippen molar-refractivity contribution in [2.45, 2.75) is 24.6 Å². The largest absolute Gasteiger partial charge is 0.486 e. The van der Waals surface area contributed by atoms with E-state index in [0.717, 1.165) is 16.8 Å². The highest BCUT2D eigenvalue weighted by atomic mass is 32.2. The lowest BCUT2D eigenvalue weighted by Crippen LogP contribution is -2.52. The summed E-state index contributed by atoms with van der Waals surface area (Å²) < 4.78 is 35.8. The minimum Gasteiger partial charge on any atom is -0.486 e. The summed E-state index contributed by atoms with van der Waals surface area (Å²) in [6, 6.07) is 5.80. The fraction of sp³-hybridized carbons (Fsp3) is 0.455. The van der Waals surface area contributed by atoms with E-state index in [1.165, 1.54) is 6.26 Å². The van der Waals surface area contributed by atoms with Crippen molar-refractivity contribution in [1.82, 2.24) is 9.97 Å². The molecule has 0 unspecified atom stereocenters. The van der Waals surface area contributed by atoms with Crippen molar-refractivity contribution < 1.29 is 17.9 Å². The van der Waals surface area contributed by atoms with Crippen LogP contribution in [0.3, 0.4) is 0 Å². The van der Waals surface area contributed by atoms with E-state index in [9.17, 15) is 8.42 Å². The molecule has 1 aromatic carbocycles. The highest BCUT2D eigenvalue weighted by Gasteiger charge is 2.42. The number of hydrogen-bond acceptors (Lipinski definition) is 8. The molecule has 0 bridgehead atoms. The third kappa shape index (κ3) is 3.55. The lowest BCUT2D eigenvalue weighted by atomic mass is 10.0. The summed E-state index contributed by atoms with van der Waals surface area (Å²) >= 11 is 0. The second-order valence-electron chi connectivity index (χ2n) is 8.29. The summed E-state index contributed by atoms with van der Waals surface area (Å²) in [7, 11) is -1.65. The van der Waals surface area contributed by atoms with E-state index in [4.69, 9.17) is 19.4 Å². The van der Waals surface area contributed by atoms with Gasteiger partial charge in [-0.15, -0.1) is 0 Å². The average Bonchev–Trinajstić information content (AvgIpc) is 2.76. The molecule has 0 aliphatic carbocycles. The van der Waals surface area contributed by atoms with Crippen LogP contribution in [0, 0.1) is 0 Å². The Kier molecular flexibility index (Phi) is 5.43. The first-order valence-corrected chi connectivity index (χ1v) is 12.1. The summed E-state index contributed by atoms with van der Waals surface area (Å²) in [5, 5.41) is 3.16. The molecule has 1 atom stereocenters. The van der Waals surface area contributed by atoms with Gasteiger partial charge < -0.3 is 19.7 Å². The molecule has 166 valence electrons. The van der Waals surface area contributed by atoms with Gasteiger partial charge in [-0.3, -0.25) is 0 Å². The quantitative estimate of drug-likeness (QED) is 0.752. The van der Waals surface area contributed by atoms with Gasteiger partial charge >= 0.3 is 0 Å². The molecule has 0 spiro atoms. The highest BCUT2D eigenvalue weighted by Crippen LogP contribution is 2.44. The van der Waals surface area contributed by atoms with Crippen molar-refractivity contribution in [3.63, 3.8) is 0 Å². The molecule has 0 radical (unpaired) electrons. The van der Waals surface area contributed by atoms with Gasteiger partial charge in [-0.25, -0.2) is 18.4 Å². The Morgan fingerprint density at radius 1 is 1.29 bits per heavy atom. The molecule has 2 aromatic rings. The van der Waals surface area contributed by atoms with Crippen LogP contribution in [0.25, 0.3) is 17.5 Å². The van der Waals surface area contributed by atoms with Crippen LogP contribution in [0.1, 0.15) is 25.1 Å². The van der Waals surface area contributed by atoms with Crippen molar-refractivity contribution in [3.05, 3.63) is 36.0 Å². The Hall–Kier alpha value is -2.65. The normalized spacial score (nSPS) is 18.6. The zero-order chi connectivity index (χ0) is 22.4. The predicted octanol–water partition coefficient (Wildman–Crippen LogP) is 2.71. The van der Waals surface area contributed by atoms with E-state index in [2.05, 4.69) is 16.8 Å². The van der Waals surface area contributed by atoms with Gasteiger partial charge in [0.25, 0.3) is 0 Å². The molecule has 2 aliphatic rings. The molecular formula is C22H28N4O4S. The maximum atomic E-state index is 12.7. The lowest BCUT2D eigenvalue weighted by molar-refractivity contribution is 0.0691. The van der Waals surface area contributed by atoms with Crippen LogP contribution in [-0.2, 0) is 19.3 Å². The van der Waals surface area contributed by atoms with E-state index in [1.807, 2.05) is 25.2 Å². The van der Waals surface area contributed by atoms with Gasteiger partial charge in [-0.2, -0.15) is 0 Å². The minimum absolute atomic E-state index is 0.0284. The summed E-state index contributed by atoms with van der Waals surface area (Å²) in [6.07, 6.45) is 2.97. The van der Waals surface area contributed by atoms with E-state index >= 15 is 0 Å². The van der Waals surface area contributed by atoms with Crippen LogP contribution in [0.4, 0.5) is 11.5 Å². The predicted molar refractivity (Wildman–Crippen MR) is 122 cm³/mol. The van der Waals surface area contributed by atoms with E-state index < -0.39 is 14.6 Å². The Morgan fingerprint density at radius 3 is 2.74 bits per heavy atom. The first kappa shape index (κ1) is 21.6. The number of aromatic nitrogens is 2. The highest BCUT2D eigenvalue weighted by molar-refractivity contribution is 7.91. The topological polar surface area (TPSA) is 93.7 Å². The Morgan fingerprint density at radius 2 is 2.06 bits per heavy atom. The molecule has 9 heteroatoms. The maximum Gasteiger partial charge on any atom is 0.185 e. The fourth-order valence-corrected chi connectivity index (χ4v) is 4.41. The van der Waals surface area contributed by atoms with E-state index in [0.29, 0.717) is 49.5 Å². The Labute approximate surface area is 183 Å². The number of nitrogens with one attached hydrogen (secondary N) is 1. The molecule has 1 aromatic heterocycles. The van der Waals surface area contributed by atoms with Crippen LogP contribution in [-0.4, -0.2) is 64.1 Å². The molecule has 31 heavy (non-hydrogen) atoms. The van der Waals surface area contributed by atoms with Gasteiger partial charge in [0.05, 0.1) is 19.3 Å². The van der Waals surface area contributed by atoms with Crippen molar-refractivity contribution >= 4 is 27.4 Å². The number of nitrogens with zero attached hydrogens (tertiary/aromatic N) is 3. The molecule has 8 nitrogen and oxygen atoms in total. The van der Waals surface area contributed by atoms with Gasteiger partial charge in [0, 0.05) is 36.7 Å². The van der Waals surface area contributed by atoms with Gasteiger partial charge in [0.1, 0.15) is 17.0 Å². The molecule has 1 fully saturated rings. The number of hydrogen-bond donors (Lipinski definition) is 1. The van der Waals surface area contributed by atoms with E-state index in [1.54, 1.807) is 19.9 Å². The van der Waals surface area contributed by atoms with E-state index in [-0.39, 0.29) is 6.04 Å².